The van der Waals surface area contributed by atoms with Gasteiger partial charge in [-0.15, -0.1) is 24.8 Å². The van der Waals surface area contributed by atoms with Crippen LogP contribution in [-0.2, 0) is 9.53 Å². The first kappa shape index (κ1) is 25.5. The Kier molecular flexibility index (Phi) is 10.5. The number of carbonyl (C=O) groups is 1. The molecule has 1 aromatic carbocycles. The van der Waals surface area contributed by atoms with Crippen molar-refractivity contribution in [2.45, 2.75) is 44.2 Å². The van der Waals surface area contributed by atoms with E-state index in [9.17, 15) is 4.79 Å². The number of hydrogen-bond donors (Lipinski definition) is 2. The molecular formula is C20H32Cl3N3O2. The summed E-state index contributed by atoms with van der Waals surface area (Å²) in [7, 11) is 0. The van der Waals surface area contributed by atoms with Gasteiger partial charge in [0.2, 0.25) is 5.91 Å². The predicted octanol–water partition coefficient (Wildman–Crippen LogP) is 3.58. The van der Waals surface area contributed by atoms with Crippen LogP contribution in [0.5, 0.6) is 0 Å². The lowest BCUT2D eigenvalue weighted by molar-refractivity contribution is -0.128. The molecule has 1 heterocycles. The number of nitrogens with two attached hydrogens (primary N) is 1. The van der Waals surface area contributed by atoms with E-state index >= 15 is 0 Å². The first-order valence-electron chi connectivity index (χ1n) is 9.62. The van der Waals surface area contributed by atoms with E-state index in [1.807, 2.05) is 31.2 Å². The molecule has 3 atom stereocenters. The molecule has 1 saturated carbocycles. The van der Waals surface area contributed by atoms with Crippen molar-refractivity contribution in [1.82, 2.24) is 10.2 Å². The number of amides is 1. The topological polar surface area (TPSA) is 67.6 Å². The zero-order valence-electron chi connectivity index (χ0n) is 16.4. The number of hydrogen-bond acceptors (Lipinski definition) is 4. The molecule has 160 valence electrons. The molecule has 1 aliphatic heterocycles. The Morgan fingerprint density at radius 2 is 2.00 bits per heavy atom. The Hall–Kier alpha value is -0.560. The van der Waals surface area contributed by atoms with E-state index in [1.54, 1.807) is 0 Å². The molecule has 1 aliphatic carbocycles. The molecule has 0 spiro atoms. The smallest absolute Gasteiger partial charge is 0.225 e. The van der Waals surface area contributed by atoms with Crippen LogP contribution in [-0.4, -0.2) is 49.2 Å². The highest BCUT2D eigenvalue weighted by Gasteiger charge is 2.38. The summed E-state index contributed by atoms with van der Waals surface area (Å²) in [6.07, 6.45) is 3.95. The minimum atomic E-state index is -0.415. The fourth-order valence-electron chi connectivity index (χ4n) is 4.18. The van der Waals surface area contributed by atoms with Crippen LogP contribution in [0.1, 0.15) is 44.2 Å². The van der Waals surface area contributed by atoms with Gasteiger partial charge in [0.1, 0.15) is 0 Å². The first-order valence-corrected chi connectivity index (χ1v) is 9.99. The molecule has 1 aromatic rings. The Morgan fingerprint density at radius 1 is 1.32 bits per heavy atom. The van der Waals surface area contributed by atoms with Gasteiger partial charge >= 0.3 is 0 Å². The van der Waals surface area contributed by atoms with Gasteiger partial charge in [0.15, 0.2) is 0 Å². The van der Waals surface area contributed by atoms with Crippen molar-refractivity contribution in [1.29, 1.82) is 0 Å². The standard InChI is InChI=1S/C20H30ClN3O2.2ClH/c1-20(22)9-5-4-7-16(20)19(25)23-14-18(24-10-12-26-13-11-24)15-6-2-3-8-17(15)21;;/h2-3,6,8,16,18H,4-5,7,9-14,22H2,1H3,(H,23,25);2*1H. The maximum Gasteiger partial charge on any atom is 0.225 e. The summed E-state index contributed by atoms with van der Waals surface area (Å²) in [6.45, 7) is 5.63. The van der Waals surface area contributed by atoms with Gasteiger partial charge < -0.3 is 15.8 Å². The maximum absolute atomic E-state index is 12.8. The highest BCUT2D eigenvalue weighted by Crippen LogP contribution is 2.32. The fourth-order valence-corrected chi connectivity index (χ4v) is 4.44. The van der Waals surface area contributed by atoms with E-state index in [4.69, 9.17) is 22.1 Å². The Labute approximate surface area is 185 Å². The Morgan fingerprint density at radius 3 is 2.64 bits per heavy atom. The van der Waals surface area contributed by atoms with Gasteiger partial charge in [0.05, 0.1) is 25.2 Å². The molecule has 1 saturated heterocycles. The van der Waals surface area contributed by atoms with Crippen LogP contribution in [0.4, 0.5) is 0 Å². The molecule has 1 amide bonds. The van der Waals surface area contributed by atoms with Crippen LogP contribution in [0.25, 0.3) is 0 Å². The van der Waals surface area contributed by atoms with Crippen molar-refractivity contribution in [2.75, 3.05) is 32.8 Å². The second kappa shape index (κ2) is 11.6. The van der Waals surface area contributed by atoms with Crippen molar-refractivity contribution in [3.63, 3.8) is 0 Å². The minimum Gasteiger partial charge on any atom is -0.379 e. The van der Waals surface area contributed by atoms with E-state index in [0.29, 0.717) is 19.8 Å². The zero-order chi connectivity index (χ0) is 18.6. The van der Waals surface area contributed by atoms with Gasteiger partial charge in [-0.1, -0.05) is 42.6 Å². The number of nitrogens with one attached hydrogen (secondary N) is 1. The van der Waals surface area contributed by atoms with Crippen molar-refractivity contribution in [2.24, 2.45) is 11.7 Å². The van der Waals surface area contributed by atoms with Gasteiger partial charge in [-0.3, -0.25) is 9.69 Å². The number of rotatable bonds is 5. The quantitative estimate of drug-likeness (QED) is 0.716. The summed E-state index contributed by atoms with van der Waals surface area (Å²) in [5.41, 5.74) is 7.03. The van der Waals surface area contributed by atoms with Crippen molar-refractivity contribution < 1.29 is 9.53 Å². The highest BCUT2D eigenvalue weighted by molar-refractivity contribution is 6.31. The van der Waals surface area contributed by atoms with E-state index in [0.717, 1.165) is 49.4 Å². The highest BCUT2D eigenvalue weighted by atomic mass is 35.5. The molecule has 0 aromatic heterocycles. The number of carbonyl (C=O) groups excluding carboxylic acids is 1. The molecule has 3 rings (SSSR count). The maximum atomic E-state index is 12.8. The lowest BCUT2D eigenvalue weighted by Gasteiger charge is -2.39. The monoisotopic (exact) mass is 451 g/mol. The van der Waals surface area contributed by atoms with Crippen LogP contribution in [0.3, 0.4) is 0 Å². The van der Waals surface area contributed by atoms with Crippen LogP contribution in [0.15, 0.2) is 24.3 Å². The lowest BCUT2D eigenvalue weighted by atomic mass is 9.74. The zero-order valence-corrected chi connectivity index (χ0v) is 18.8. The SMILES string of the molecule is CC1(N)CCCCC1C(=O)NCC(c1ccccc1Cl)N1CCOCC1.Cl.Cl. The minimum absolute atomic E-state index is 0. The number of morpholine rings is 1. The van der Waals surface area contributed by atoms with Crippen molar-refractivity contribution >= 4 is 42.3 Å². The number of ether oxygens (including phenoxy) is 1. The molecule has 2 aliphatic rings. The predicted molar refractivity (Wildman–Crippen MR) is 119 cm³/mol. The molecule has 0 radical (unpaired) electrons. The average molecular weight is 453 g/mol. The molecule has 3 unspecified atom stereocenters. The second-order valence-electron chi connectivity index (χ2n) is 7.73. The third-order valence-corrected chi connectivity index (χ3v) is 6.14. The third kappa shape index (κ3) is 6.22. The molecular weight excluding hydrogens is 421 g/mol. The molecule has 8 heteroatoms. The third-order valence-electron chi connectivity index (χ3n) is 5.79. The summed E-state index contributed by atoms with van der Waals surface area (Å²) in [6, 6.07) is 7.92. The molecule has 2 fully saturated rings. The van der Waals surface area contributed by atoms with Gasteiger partial charge in [-0.2, -0.15) is 0 Å². The Balaban J connectivity index is 0.00000196. The van der Waals surface area contributed by atoms with Crippen LogP contribution in [0.2, 0.25) is 5.02 Å². The summed E-state index contributed by atoms with van der Waals surface area (Å²) in [5.74, 6) is -0.0483. The van der Waals surface area contributed by atoms with Gasteiger partial charge in [0, 0.05) is 30.2 Å². The first-order chi connectivity index (χ1) is 12.5. The molecule has 0 bridgehead atoms. The normalized spacial score (nSPS) is 26.5. The average Bonchev–Trinajstić information content (AvgIpc) is 2.63. The van der Waals surface area contributed by atoms with E-state index in [1.165, 1.54) is 0 Å². The van der Waals surface area contributed by atoms with Crippen molar-refractivity contribution in [3.8, 4) is 0 Å². The summed E-state index contributed by atoms with van der Waals surface area (Å²) >= 11 is 6.46. The van der Waals surface area contributed by atoms with Gasteiger partial charge in [-0.05, 0) is 31.4 Å². The van der Waals surface area contributed by atoms with Crippen molar-refractivity contribution in [3.05, 3.63) is 34.9 Å². The number of benzene rings is 1. The second-order valence-corrected chi connectivity index (χ2v) is 8.14. The number of nitrogens with zero attached hydrogens (tertiary/aromatic N) is 1. The van der Waals surface area contributed by atoms with E-state index in [-0.39, 0.29) is 42.7 Å². The van der Waals surface area contributed by atoms with Crippen LogP contribution >= 0.6 is 36.4 Å². The summed E-state index contributed by atoms with van der Waals surface area (Å²) in [4.78, 5) is 15.2. The van der Waals surface area contributed by atoms with Gasteiger partial charge in [0.25, 0.3) is 0 Å². The lowest BCUT2D eigenvalue weighted by Crippen LogP contribution is -2.54. The summed E-state index contributed by atoms with van der Waals surface area (Å²) in [5, 5.41) is 3.91. The van der Waals surface area contributed by atoms with Gasteiger partial charge in [-0.25, -0.2) is 0 Å². The van der Waals surface area contributed by atoms with Crippen LogP contribution < -0.4 is 11.1 Å². The molecule has 5 nitrogen and oxygen atoms in total. The molecule has 28 heavy (non-hydrogen) atoms. The number of halogens is 3. The molecule has 3 N–H and O–H groups in total. The largest absolute Gasteiger partial charge is 0.379 e. The summed E-state index contributed by atoms with van der Waals surface area (Å²) < 4.78 is 5.49. The van der Waals surface area contributed by atoms with E-state index in [2.05, 4.69) is 10.2 Å². The fraction of sp³-hybridized carbons (Fsp3) is 0.650. The Bertz CT molecular complexity index is 624. The van der Waals surface area contributed by atoms with E-state index < -0.39 is 5.54 Å². The van der Waals surface area contributed by atoms with Crippen LogP contribution in [0, 0.1) is 5.92 Å².